The molecule has 2 aromatic rings. The van der Waals surface area contributed by atoms with E-state index in [-0.39, 0.29) is 42.0 Å². The summed E-state index contributed by atoms with van der Waals surface area (Å²) in [5.41, 5.74) is 2.87. The van der Waals surface area contributed by atoms with Crippen molar-refractivity contribution >= 4 is 29.9 Å². The molecule has 2 N–H and O–H groups in total. The highest BCUT2D eigenvalue weighted by Gasteiger charge is 2.15. The number of benzene rings is 1. The highest BCUT2D eigenvalue weighted by Crippen LogP contribution is 2.33. The molecule has 1 aromatic carbocycles. The number of rotatable bonds is 10. The molecule has 166 valence electrons. The molecule has 0 aliphatic heterocycles. The number of para-hydroxylation sites is 1. The number of alkyl halides is 2. The highest BCUT2D eigenvalue weighted by molar-refractivity contribution is 14.0. The van der Waals surface area contributed by atoms with E-state index in [4.69, 9.17) is 9.47 Å². The van der Waals surface area contributed by atoms with Gasteiger partial charge < -0.3 is 20.1 Å². The van der Waals surface area contributed by atoms with Crippen LogP contribution in [-0.2, 0) is 13.0 Å². The predicted octanol–water partition coefficient (Wildman–Crippen LogP) is 4.31. The second-order valence-electron chi connectivity index (χ2n) is 6.23. The van der Waals surface area contributed by atoms with Gasteiger partial charge in [0.15, 0.2) is 17.5 Å². The Morgan fingerprint density at radius 2 is 1.97 bits per heavy atom. The summed E-state index contributed by atoms with van der Waals surface area (Å²) in [5.74, 6) is 0.909. The summed E-state index contributed by atoms with van der Waals surface area (Å²) in [7, 11) is 0. The maximum Gasteiger partial charge on any atom is 0.387 e. The molecule has 2 rings (SSSR count). The van der Waals surface area contributed by atoms with Gasteiger partial charge in [-0.15, -0.1) is 24.0 Å². The van der Waals surface area contributed by atoms with Gasteiger partial charge in [-0.1, -0.05) is 12.1 Å². The summed E-state index contributed by atoms with van der Waals surface area (Å²) >= 11 is 0. The Bertz CT molecular complexity index is 806. The van der Waals surface area contributed by atoms with E-state index in [9.17, 15) is 8.78 Å². The lowest BCUT2D eigenvalue weighted by Gasteiger charge is -2.15. The van der Waals surface area contributed by atoms with Crippen molar-refractivity contribution in [1.29, 1.82) is 0 Å². The Hall–Kier alpha value is -2.17. The molecule has 9 heteroatoms. The minimum Gasteiger partial charge on any atom is -0.490 e. The van der Waals surface area contributed by atoms with Crippen molar-refractivity contribution in [1.82, 2.24) is 15.6 Å². The van der Waals surface area contributed by atoms with E-state index >= 15 is 0 Å². The molecule has 0 bridgehead atoms. The van der Waals surface area contributed by atoms with Crippen molar-refractivity contribution in [2.75, 3.05) is 19.7 Å². The second-order valence-corrected chi connectivity index (χ2v) is 6.23. The van der Waals surface area contributed by atoms with Gasteiger partial charge in [-0.25, -0.2) is 4.99 Å². The smallest absolute Gasteiger partial charge is 0.387 e. The number of aryl methyl sites for hydroxylation is 1. The average molecular weight is 534 g/mol. The SMILES string of the molecule is CCNC(=NCc1cccc(OCC)c1OC(F)F)NCCc1ccncc1C.I. The molecule has 0 aliphatic rings. The molecule has 0 fully saturated rings. The number of ether oxygens (including phenoxy) is 2. The number of nitrogens with zero attached hydrogens (tertiary/aromatic N) is 2. The maximum atomic E-state index is 12.9. The fourth-order valence-corrected chi connectivity index (χ4v) is 2.78. The molecule has 1 heterocycles. The van der Waals surface area contributed by atoms with Crippen LogP contribution in [0.25, 0.3) is 0 Å². The molecule has 0 spiro atoms. The van der Waals surface area contributed by atoms with Crippen LogP contribution in [0.1, 0.15) is 30.5 Å². The third-order valence-electron chi connectivity index (χ3n) is 4.14. The molecule has 0 saturated heterocycles. The first kappa shape index (κ1) is 25.9. The fraction of sp³-hybridized carbons (Fsp3) is 0.429. The van der Waals surface area contributed by atoms with Crippen LogP contribution in [-0.4, -0.2) is 37.3 Å². The average Bonchev–Trinajstić information content (AvgIpc) is 2.69. The van der Waals surface area contributed by atoms with Gasteiger partial charge in [-0.3, -0.25) is 4.98 Å². The Labute approximate surface area is 193 Å². The number of aromatic nitrogens is 1. The molecule has 0 radical (unpaired) electrons. The summed E-state index contributed by atoms with van der Waals surface area (Å²) in [6, 6.07) is 7.04. The topological polar surface area (TPSA) is 67.8 Å². The van der Waals surface area contributed by atoms with E-state index in [2.05, 4.69) is 20.6 Å². The normalized spacial score (nSPS) is 11.1. The zero-order chi connectivity index (χ0) is 21.1. The molecule has 1 aromatic heterocycles. The van der Waals surface area contributed by atoms with Crippen LogP contribution in [0.2, 0.25) is 0 Å². The number of hydrogen-bond acceptors (Lipinski definition) is 4. The van der Waals surface area contributed by atoms with Crippen molar-refractivity contribution in [2.24, 2.45) is 4.99 Å². The lowest BCUT2D eigenvalue weighted by atomic mass is 10.1. The van der Waals surface area contributed by atoms with Gasteiger partial charge in [0.1, 0.15) is 0 Å². The second kappa shape index (κ2) is 13.9. The van der Waals surface area contributed by atoms with Gasteiger partial charge in [0.2, 0.25) is 0 Å². The van der Waals surface area contributed by atoms with Crippen molar-refractivity contribution in [3.63, 3.8) is 0 Å². The first-order valence-corrected chi connectivity index (χ1v) is 9.66. The zero-order valence-electron chi connectivity index (χ0n) is 17.5. The van der Waals surface area contributed by atoms with Crippen LogP contribution >= 0.6 is 24.0 Å². The van der Waals surface area contributed by atoms with Crippen molar-refractivity contribution in [3.05, 3.63) is 53.3 Å². The summed E-state index contributed by atoms with van der Waals surface area (Å²) in [6.45, 7) is 4.72. The minimum atomic E-state index is -2.94. The Morgan fingerprint density at radius 3 is 2.63 bits per heavy atom. The highest BCUT2D eigenvalue weighted by atomic mass is 127. The summed E-state index contributed by atoms with van der Waals surface area (Å²) in [6.07, 6.45) is 4.43. The summed E-state index contributed by atoms with van der Waals surface area (Å²) in [5, 5.41) is 6.42. The largest absolute Gasteiger partial charge is 0.490 e. The third-order valence-corrected chi connectivity index (χ3v) is 4.14. The van der Waals surface area contributed by atoms with Crippen LogP contribution in [0, 0.1) is 6.92 Å². The van der Waals surface area contributed by atoms with E-state index in [1.54, 1.807) is 31.3 Å². The standard InChI is InChI=1S/C21H28F2N4O2.HI/c1-4-25-21(26-12-10-16-9-11-24-13-15(16)3)27-14-17-7-6-8-18(28-5-2)19(17)29-20(22)23;/h6-9,11,13,20H,4-5,10,12,14H2,1-3H3,(H2,25,26,27);1H. The van der Waals surface area contributed by atoms with Crippen molar-refractivity contribution < 1.29 is 18.3 Å². The number of halogens is 3. The summed E-state index contributed by atoms with van der Waals surface area (Å²) < 4.78 is 35.8. The van der Waals surface area contributed by atoms with Crippen LogP contribution in [0.5, 0.6) is 11.5 Å². The van der Waals surface area contributed by atoms with Crippen LogP contribution in [0.15, 0.2) is 41.7 Å². The first-order valence-electron chi connectivity index (χ1n) is 9.66. The van der Waals surface area contributed by atoms with Crippen LogP contribution in [0.4, 0.5) is 8.78 Å². The molecule has 0 unspecified atom stereocenters. The predicted molar refractivity (Wildman–Crippen MR) is 125 cm³/mol. The van der Waals surface area contributed by atoms with E-state index in [0.29, 0.717) is 31.2 Å². The van der Waals surface area contributed by atoms with Crippen LogP contribution < -0.4 is 20.1 Å². The van der Waals surface area contributed by atoms with Crippen molar-refractivity contribution in [3.8, 4) is 11.5 Å². The molecule has 0 atom stereocenters. The summed E-state index contributed by atoms with van der Waals surface area (Å²) in [4.78, 5) is 8.61. The van der Waals surface area contributed by atoms with Gasteiger partial charge in [0.25, 0.3) is 0 Å². The quantitative estimate of drug-likeness (QED) is 0.270. The lowest BCUT2D eigenvalue weighted by molar-refractivity contribution is -0.0520. The molecular formula is C21H29F2IN4O2. The fourth-order valence-electron chi connectivity index (χ4n) is 2.78. The maximum absolute atomic E-state index is 12.9. The number of nitrogens with one attached hydrogen (secondary N) is 2. The van der Waals surface area contributed by atoms with Gasteiger partial charge >= 0.3 is 6.61 Å². The van der Waals surface area contributed by atoms with Gasteiger partial charge in [-0.2, -0.15) is 8.78 Å². The number of pyridine rings is 1. The minimum absolute atomic E-state index is 0. The van der Waals surface area contributed by atoms with E-state index in [1.807, 2.05) is 26.1 Å². The van der Waals surface area contributed by atoms with E-state index in [1.165, 1.54) is 5.56 Å². The van der Waals surface area contributed by atoms with Gasteiger partial charge in [-0.05, 0) is 50.5 Å². The molecule has 0 saturated carbocycles. The van der Waals surface area contributed by atoms with Gasteiger partial charge in [0, 0.05) is 31.0 Å². The Kier molecular flexibility index (Phi) is 12.0. The first-order chi connectivity index (χ1) is 14.0. The monoisotopic (exact) mass is 534 g/mol. The van der Waals surface area contributed by atoms with Crippen molar-refractivity contribution in [2.45, 2.75) is 40.3 Å². The molecule has 0 aliphatic carbocycles. The molecule has 0 amide bonds. The van der Waals surface area contributed by atoms with E-state index < -0.39 is 6.61 Å². The van der Waals surface area contributed by atoms with Gasteiger partial charge in [0.05, 0.1) is 13.2 Å². The lowest BCUT2D eigenvalue weighted by Crippen LogP contribution is -2.38. The third kappa shape index (κ3) is 8.29. The molecule has 6 nitrogen and oxygen atoms in total. The number of hydrogen-bond donors (Lipinski definition) is 2. The van der Waals surface area contributed by atoms with Crippen LogP contribution in [0.3, 0.4) is 0 Å². The van der Waals surface area contributed by atoms with E-state index in [0.717, 1.165) is 12.0 Å². The number of aliphatic imine (C=N–C) groups is 1. The Morgan fingerprint density at radius 1 is 1.17 bits per heavy atom. The molecular weight excluding hydrogens is 505 g/mol. The Balaban J connectivity index is 0.00000450. The molecule has 30 heavy (non-hydrogen) atoms. The number of guanidine groups is 1. The zero-order valence-corrected chi connectivity index (χ0v) is 19.8.